The average Bonchev–Trinajstić information content (AvgIpc) is 3.09. The van der Waals surface area contributed by atoms with Crippen molar-refractivity contribution >= 4 is 27.5 Å². The summed E-state index contributed by atoms with van der Waals surface area (Å²) in [7, 11) is 0. The van der Waals surface area contributed by atoms with Gasteiger partial charge in [0.25, 0.3) is 5.56 Å². The summed E-state index contributed by atoms with van der Waals surface area (Å²) in [5.41, 5.74) is 1.37. The van der Waals surface area contributed by atoms with Gasteiger partial charge in [-0.1, -0.05) is 30.3 Å². The summed E-state index contributed by atoms with van der Waals surface area (Å²) < 4.78 is 10.7. The summed E-state index contributed by atoms with van der Waals surface area (Å²) in [6, 6.07) is 9.89. The highest BCUT2D eigenvalue weighted by Crippen LogP contribution is 2.28. The number of carbonyl (C=O) groups is 1. The number of hydrogen-bond donors (Lipinski definition) is 2. The molecule has 1 unspecified atom stereocenters. The van der Waals surface area contributed by atoms with Gasteiger partial charge >= 0.3 is 5.97 Å². The molecule has 0 radical (unpaired) electrons. The van der Waals surface area contributed by atoms with Crippen LogP contribution < -0.4 is 5.56 Å². The number of aromatic nitrogens is 2. The summed E-state index contributed by atoms with van der Waals surface area (Å²) in [4.78, 5) is 35.7. The van der Waals surface area contributed by atoms with E-state index < -0.39 is 12.1 Å². The maximum absolute atomic E-state index is 12.9. The van der Waals surface area contributed by atoms with E-state index in [0.29, 0.717) is 52.7 Å². The van der Waals surface area contributed by atoms with E-state index in [9.17, 15) is 14.7 Å². The van der Waals surface area contributed by atoms with Gasteiger partial charge in [0, 0.05) is 19.7 Å². The van der Waals surface area contributed by atoms with Crippen molar-refractivity contribution in [3.63, 3.8) is 0 Å². The molecule has 178 valence electrons. The molecule has 1 aromatic carbocycles. The molecule has 0 fully saturated rings. The molecule has 0 aliphatic carbocycles. The van der Waals surface area contributed by atoms with Gasteiger partial charge in [0.1, 0.15) is 15.5 Å². The van der Waals surface area contributed by atoms with Crippen molar-refractivity contribution in [3.05, 3.63) is 62.5 Å². The zero-order valence-electron chi connectivity index (χ0n) is 19.5. The van der Waals surface area contributed by atoms with Crippen LogP contribution in [0.5, 0.6) is 0 Å². The number of carbonyl (C=O) groups excluding carboxylic acids is 1. The Morgan fingerprint density at radius 3 is 2.64 bits per heavy atom. The monoisotopic (exact) mass is 473 g/mol. The van der Waals surface area contributed by atoms with E-state index in [-0.39, 0.29) is 18.3 Å². The molecule has 2 aromatic heterocycles. The van der Waals surface area contributed by atoms with Crippen LogP contribution in [-0.2, 0) is 22.6 Å². The number of hydrogen-bond acceptors (Lipinski definition) is 8. The molecule has 2 heterocycles. The minimum atomic E-state index is -0.675. The minimum absolute atomic E-state index is 0.232. The first-order valence-electron chi connectivity index (χ1n) is 11.0. The number of nitrogens with one attached hydrogen (secondary N) is 1. The number of fused-ring (bicyclic) bond motifs is 1. The number of nitrogens with zero attached hydrogens (tertiary/aromatic N) is 2. The molecular formula is C24H31N3O5S. The van der Waals surface area contributed by atoms with Crippen LogP contribution in [0.4, 0.5) is 0 Å². The van der Waals surface area contributed by atoms with Gasteiger partial charge in [0.15, 0.2) is 0 Å². The molecule has 0 bridgehead atoms. The summed E-state index contributed by atoms with van der Waals surface area (Å²) >= 11 is 1.16. The van der Waals surface area contributed by atoms with Crippen LogP contribution in [-0.4, -0.2) is 57.9 Å². The lowest BCUT2D eigenvalue weighted by molar-refractivity contribution is 0.0175. The molecule has 0 aliphatic heterocycles. The molecule has 0 saturated heterocycles. The first-order chi connectivity index (χ1) is 15.8. The molecule has 2 N–H and O–H groups in total. The Kier molecular flexibility index (Phi) is 8.74. The van der Waals surface area contributed by atoms with Gasteiger partial charge < -0.3 is 19.6 Å². The second-order valence-corrected chi connectivity index (χ2v) is 9.17. The quantitative estimate of drug-likeness (QED) is 0.412. The number of ether oxygens (including phenoxy) is 2. The number of H-pyrrole nitrogens is 1. The van der Waals surface area contributed by atoms with Crippen LogP contribution in [0.3, 0.4) is 0 Å². The Morgan fingerprint density at radius 1 is 1.24 bits per heavy atom. The van der Waals surface area contributed by atoms with Crippen LogP contribution in [0.25, 0.3) is 10.2 Å². The highest BCUT2D eigenvalue weighted by atomic mass is 32.1. The fourth-order valence-electron chi connectivity index (χ4n) is 3.57. The van der Waals surface area contributed by atoms with Gasteiger partial charge in [-0.2, -0.15) is 0 Å². The first kappa shape index (κ1) is 25.0. The molecule has 8 nitrogen and oxygen atoms in total. The zero-order valence-corrected chi connectivity index (χ0v) is 20.3. The van der Waals surface area contributed by atoms with Gasteiger partial charge in [0.2, 0.25) is 0 Å². The highest BCUT2D eigenvalue weighted by molar-refractivity contribution is 7.20. The van der Waals surface area contributed by atoms with Gasteiger partial charge in [0.05, 0.1) is 30.7 Å². The average molecular weight is 474 g/mol. The van der Waals surface area contributed by atoms with Crippen molar-refractivity contribution < 1.29 is 19.4 Å². The number of benzene rings is 1. The van der Waals surface area contributed by atoms with E-state index in [2.05, 4.69) is 9.97 Å². The lowest BCUT2D eigenvalue weighted by Gasteiger charge is -2.24. The number of esters is 1. The fraction of sp³-hybridized carbons (Fsp3) is 0.458. The predicted molar refractivity (Wildman–Crippen MR) is 129 cm³/mol. The number of aromatic amines is 1. The number of thiophene rings is 1. The van der Waals surface area contributed by atoms with Gasteiger partial charge in [-0.25, -0.2) is 9.78 Å². The predicted octanol–water partition coefficient (Wildman–Crippen LogP) is 3.26. The SMILES string of the molecule is CCOCC(O)CN(Cc1ccccc1)Cc1nc2sc(C(=O)OC(C)C)c(C)c2c(=O)[nH]1. The second-order valence-electron chi connectivity index (χ2n) is 8.17. The van der Waals surface area contributed by atoms with Crippen molar-refractivity contribution in [2.45, 2.75) is 53.0 Å². The third-order valence-corrected chi connectivity index (χ3v) is 6.15. The van der Waals surface area contributed by atoms with Gasteiger partial charge in [-0.05, 0) is 38.8 Å². The third kappa shape index (κ3) is 6.70. The molecule has 1 atom stereocenters. The fourth-order valence-corrected chi connectivity index (χ4v) is 4.65. The number of aryl methyl sites for hydroxylation is 1. The van der Waals surface area contributed by atoms with E-state index >= 15 is 0 Å². The Bertz CT molecular complexity index is 1130. The molecule has 0 aliphatic rings. The molecule has 9 heteroatoms. The maximum atomic E-state index is 12.9. The molecule has 33 heavy (non-hydrogen) atoms. The second kappa shape index (κ2) is 11.5. The number of aliphatic hydroxyl groups is 1. The lowest BCUT2D eigenvalue weighted by atomic mass is 10.2. The normalized spacial score (nSPS) is 12.6. The molecule has 3 rings (SSSR count). The van der Waals surface area contributed by atoms with Gasteiger partial charge in [-0.3, -0.25) is 9.69 Å². The summed E-state index contributed by atoms with van der Waals surface area (Å²) in [5.74, 6) is 0.0215. The molecular weight excluding hydrogens is 442 g/mol. The third-order valence-electron chi connectivity index (χ3n) is 4.98. The van der Waals surface area contributed by atoms with Gasteiger partial charge in [-0.15, -0.1) is 11.3 Å². The van der Waals surface area contributed by atoms with Crippen LogP contribution in [0.15, 0.2) is 35.1 Å². The molecule has 3 aromatic rings. The maximum Gasteiger partial charge on any atom is 0.348 e. The van der Waals surface area contributed by atoms with E-state index in [1.165, 1.54) is 0 Å². The van der Waals surface area contributed by atoms with Crippen LogP contribution in [0.1, 0.15) is 47.4 Å². The van der Waals surface area contributed by atoms with Crippen molar-refractivity contribution in [3.8, 4) is 0 Å². The summed E-state index contributed by atoms with van der Waals surface area (Å²) in [6.45, 7) is 9.19. The summed E-state index contributed by atoms with van der Waals surface area (Å²) in [5, 5.41) is 10.8. The number of rotatable bonds is 11. The lowest BCUT2D eigenvalue weighted by Crippen LogP contribution is -2.35. The standard InChI is InChI=1S/C24H31N3O5S/c1-5-31-14-18(28)12-27(11-17-9-7-6-8-10-17)13-19-25-22(29)20-16(4)21(33-23(20)26-19)24(30)32-15(2)3/h6-10,15,18,28H,5,11-14H2,1-4H3,(H,25,26,29). The van der Waals surface area contributed by atoms with E-state index in [1.54, 1.807) is 20.8 Å². The van der Waals surface area contributed by atoms with E-state index in [4.69, 9.17) is 9.47 Å². The smallest absolute Gasteiger partial charge is 0.348 e. The minimum Gasteiger partial charge on any atom is -0.459 e. The molecule has 0 spiro atoms. The van der Waals surface area contributed by atoms with Crippen LogP contribution in [0, 0.1) is 6.92 Å². The van der Waals surface area contributed by atoms with E-state index in [0.717, 1.165) is 16.9 Å². The largest absolute Gasteiger partial charge is 0.459 e. The zero-order chi connectivity index (χ0) is 24.0. The Morgan fingerprint density at radius 2 is 1.97 bits per heavy atom. The highest BCUT2D eigenvalue weighted by Gasteiger charge is 2.22. The topological polar surface area (TPSA) is 105 Å². The van der Waals surface area contributed by atoms with E-state index in [1.807, 2.05) is 42.2 Å². The molecule has 0 saturated carbocycles. The van der Waals surface area contributed by atoms with Crippen molar-refractivity contribution in [2.24, 2.45) is 0 Å². The number of aliphatic hydroxyl groups excluding tert-OH is 1. The molecule has 0 amide bonds. The first-order valence-corrected chi connectivity index (χ1v) is 11.9. The van der Waals surface area contributed by atoms with Crippen LogP contribution >= 0.6 is 11.3 Å². The van der Waals surface area contributed by atoms with Crippen molar-refractivity contribution in [2.75, 3.05) is 19.8 Å². The van der Waals surface area contributed by atoms with Crippen molar-refractivity contribution in [1.29, 1.82) is 0 Å². The Labute approximate surface area is 197 Å². The Balaban J connectivity index is 1.87. The summed E-state index contributed by atoms with van der Waals surface area (Å²) in [6.07, 6.45) is -0.927. The Hall–Kier alpha value is -2.59. The van der Waals surface area contributed by atoms with Crippen molar-refractivity contribution in [1.82, 2.24) is 14.9 Å². The van der Waals surface area contributed by atoms with Crippen LogP contribution in [0.2, 0.25) is 0 Å².